The molecule has 2 N–H and O–H groups in total. The van der Waals surface area contributed by atoms with Crippen molar-refractivity contribution in [2.75, 3.05) is 6.54 Å². The maximum atomic E-state index is 14.3. The Morgan fingerprint density at radius 1 is 1.02 bits per heavy atom. The predicted octanol–water partition coefficient (Wildman–Crippen LogP) is 9.54. The topological polar surface area (TPSA) is 106 Å². The standard InChI is InChI=1S/C42H65NO6/c1-27(2)30-15-20-42(34(44)26-43-25-29-12-10-23-48-29)22-21-40(8)31(36(30)42)13-14-33-39(7,17-11-18-41(33,40)9)19-16-32(28(3)4)49-35(45)24-38(5,6)37(46)47/h10,12,23,27-28,31-33,43H,11,13-22,24-26H2,1-9H3,(H,46,47). The number of hydrogen-bond acceptors (Lipinski definition) is 6. The van der Waals surface area contributed by atoms with Gasteiger partial charge >= 0.3 is 11.9 Å². The van der Waals surface area contributed by atoms with Gasteiger partial charge in [0.05, 0.1) is 36.6 Å². The molecule has 3 fully saturated rings. The summed E-state index contributed by atoms with van der Waals surface area (Å²) in [5.41, 5.74) is 2.01. The number of fused-ring (bicyclic) bond motifs is 5. The molecule has 0 saturated heterocycles. The monoisotopic (exact) mass is 679 g/mol. The Balaban J connectivity index is 1.36. The summed E-state index contributed by atoms with van der Waals surface area (Å²) in [6.45, 7) is 20.7. The molecule has 7 heteroatoms. The number of esters is 1. The summed E-state index contributed by atoms with van der Waals surface area (Å²) in [4.78, 5) is 38.9. The Morgan fingerprint density at radius 3 is 2.39 bits per heavy atom. The van der Waals surface area contributed by atoms with Crippen molar-refractivity contribution in [2.24, 2.45) is 50.7 Å². The maximum Gasteiger partial charge on any atom is 0.309 e. The number of allylic oxidation sites excluding steroid dienone is 2. The first kappa shape index (κ1) is 37.8. The van der Waals surface area contributed by atoms with Crippen LogP contribution in [0.25, 0.3) is 0 Å². The summed E-state index contributed by atoms with van der Waals surface area (Å²) in [5.74, 6) is 1.43. The third-order valence-corrected chi connectivity index (χ3v) is 14.6. The van der Waals surface area contributed by atoms with E-state index in [1.54, 1.807) is 25.7 Å². The zero-order chi connectivity index (χ0) is 36.0. The number of nitrogens with one attached hydrogen (secondary N) is 1. The van der Waals surface area contributed by atoms with Crippen LogP contribution in [0.2, 0.25) is 0 Å². The lowest BCUT2D eigenvalue weighted by atomic mass is 9.36. The lowest BCUT2D eigenvalue weighted by Crippen LogP contribution is -2.61. The molecule has 0 spiro atoms. The number of Topliss-reactive ketones (excluding diaryl/α,β-unsaturated/α-hetero) is 1. The van der Waals surface area contributed by atoms with Gasteiger partial charge in [-0.05, 0) is 130 Å². The number of carboxylic acid groups (broad SMARTS) is 1. The smallest absolute Gasteiger partial charge is 0.309 e. The van der Waals surface area contributed by atoms with Crippen molar-refractivity contribution in [2.45, 2.75) is 152 Å². The maximum absolute atomic E-state index is 14.3. The normalized spacial score (nSPS) is 33.6. The molecule has 0 radical (unpaired) electrons. The van der Waals surface area contributed by atoms with Gasteiger partial charge in [0.2, 0.25) is 0 Å². The minimum absolute atomic E-state index is 0.120. The quantitative estimate of drug-likeness (QED) is 0.149. The first-order valence-electron chi connectivity index (χ1n) is 19.3. The molecule has 0 aromatic carbocycles. The minimum Gasteiger partial charge on any atom is -0.481 e. The van der Waals surface area contributed by atoms with Gasteiger partial charge in [-0.2, -0.15) is 0 Å². The van der Waals surface area contributed by atoms with Crippen LogP contribution in [0, 0.1) is 50.7 Å². The summed E-state index contributed by atoms with van der Waals surface area (Å²) in [6, 6.07) is 3.85. The van der Waals surface area contributed by atoms with Crippen LogP contribution in [-0.4, -0.2) is 35.5 Å². The molecule has 5 rings (SSSR count). The number of rotatable bonds is 14. The second-order valence-electron chi connectivity index (χ2n) is 18.5. The van der Waals surface area contributed by atoms with Gasteiger partial charge in [-0.15, -0.1) is 0 Å². The van der Waals surface area contributed by atoms with Crippen molar-refractivity contribution < 1.29 is 28.6 Å². The molecule has 49 heavy (non-hydrogen) atoms. The van der Waals surface area contributed by atoms with Crippen LogP contribution >= 0.6 is 0 Å². The number of carbonyl (C=O) groups excluding carboxylic acids is 2. The van der Waals surface area contributed by atoms with Gasteiger partial charge in [-0.3, -0.25) is 14.4 Å². The van der Waals surface area contributed by atoms with E-state index in [0.29, 0.717) is 36.6 Å². The van der Waals surface area contributed by atoms with Gasteiger partial charge in [-0.1, -0.05) is 66.0 Å². The van der Waals surface area contributed by atoms with Crippen molar-refractivity contribution in [1.29, 1.82) is 0 Å². The Labute approximate surface area is 295 Å². The van der Waals surface area contributed by atoms with Crippen molar-refractivity contribution in [3.63, 3.8) is 0 Å². The van der Waals surface area contributed by atoms with Crippen LogP contribution in [0.5, 0.6) is 0 Å². The fourth-order valence-corrected chi connectivity index (χ4v) is 11.4. The van der Waals surface area contributed by atoms with Crippen LogP contribution in [0.15, 0.2) is 34.0 Å². The number of carbonyl (C=O) groups is 3. The Hall–Kier alpha value is -2.41. The van der Waals surface area contributed by atoms with E-state index in [1.807, 2.05) is 12.1 Å². The number of hydrogen-bond donors (Lipinski definition) is 2. The Kier molecular flexibility index (Phi) is 10.8. The molecule has 1 heterocycles. The second kappa shape index (κ2) is 14.0. The van der Waals surface area contributed by atoms with Gasteiger partial charge in [0, 0.05) is 0 Å². The van der Waals surface area contributed by atoms with Crippen LogP contribution in [0.1, 0.15) is 145 Å². The SMILES string of the molecule is CC(C)C1=C2C3CCC4C(C)(CCC(OC(=O)CC(C)(C)C(=O)O)C(C)C)CCCC4(C)C3(C)CCC2(C(=O)CNCc2ccco2)CC1. The summed E-state index contributed by atoms with van der Waals surface area (Å²) in [6.07, 6.45) is 13.1. The average Bonchev–Trinajstić information content (AvgIpc) is 3.68. The third-order valence-electron chi connectivity index (χ3n) is 14.6. The van der Waals surface area contributed by atoms with E-state index in [4.69, 9.17) is 9.15 Å². The molecule has 1 aromatic rings. The molecule has 1 aromatic heterocycles. The summed E-state index contributed by atoms with van der Waals surface area (Å²) in [7, 11) is 0. The summed E-state index contributed by atoms with van der Waals surface area (Å²) in [5, 5.41) is 13.0. The molecular formula is C42H65NO6. The molecule has 0 aliphatic heterocycles. The first-order chi connectivity index (χ1) is 22.9. The Morgan fingerprint density at radius 2 is 1.76 bits per heavy atom. The van der Waals surface area contributed by atoms with Gasteiger partial charge < -0.3 is 19.6 Å². The van der Waals surface area contributed by atoms with Crippen LogP contribution in [-0.2, 0) is 25.7 Å². The number of ketones is 1. The van der Waals surface area contributed by atoms with Crippen molar-refractivity contribution in [1.82, 2.24) is 5.32 Å². The average molecular weight is 680 g/mol. The Bertz CT molecular complexity index is 1410. The number of ether oxygens (including phenoxy) is 1. The molecule has 0 amide bonds. The molecule has 0 bridgehead atoms. The van der Waals surface area contributed by atoms with E-state index in [0.717, 1.165) is 50.7 Å². The van der Waals surface area contributed by atoms with Crippen molar-refractivity contribution in [3.05, 3.63) is 35.3 Å². The van der Waals surface area contributed by atoms with Gasteiger partial charge in [0.25, 0.3) is 0 Å². The van der Waals surface area contributed by atoms with E-state index in [-0.39, 0.29) is 40.1 Å². The zero-order valence-corrected chi connectivity index (χ0v) is 32.0. The highest BCUT2D eigenvalue weighted by molar-refractivity contribution is 5.91. The lowest BCUT2D eigenvalue weighted by Gasteiger charge is -2.68. The molecular weight excluding hydrogens is 614 g/mol. The van der Waals surface area contributed by atoms with E-state index < -0.39 is 17.4 Å². The summed E-state index contributed by atoms with van der Waals surface area (Å²) >= 11 is 0. The van der Waals surface area contributed by atoms with Gasteiger partial charge in [-0.25, -0.2) is 0 Å². The lowest BCUT2D eigenvalue weighted by molar-refractivity contribution is -0.174. The molecule has 7 atom stereocenters. The van der Waals surface area contributed by atoms with Crippen LogP contribution in [0.4, 0.5) is 0 Å². The zero-order valence-electron chi connectivity index (χ0n) is 32.0. The van der Waals surface area contributed by atoms with Crippen molar-refractivity contribution in [3.8, 4) is 0 Å². The van der Waals surface area contributed by atoms with Crippen LogP contribution in [0.3, 0.4) is 0 Å². The highest BCUT2D eigenvalue weighted by Crippen LogP contribution is 2.74. The van der Waals surface area contributed by atoms with E-state index >= 15 is 0 Å². The number of carboxylic acids is 1. The molecule has 7 nitrogen and oxygen atoms in total. The molecule has 4 aliphatic rings. The highest BCUT2D eigenvalue weighted by Gasteiger charge is 2.66. The van der Waals surface area contributed by atoms with E-state index in [2.05, 4.69) is 53.8 Å². The minimum atomic E-state index is -1.15. The van der Waals surface area contributed by atoms with Crippen LogP contribution < -0.4 is 5.32 Å². The van der Waals surface area contributed by atoms with Crippen molar-refractivity contribution >= 4 is 17.7 Å². The molecule has 274 valence electrons. The number of furan rings is 1. The fraction of sp³-hybridized carbons (Fsp3) is 0.786. The summed E-state index contributed by atoms with van der Waals surface area (Å²) < 4.78 is 11.5. The highest BCUT2D eigenvalue weighted by atomic mass is 16.5. The first-order valence-corrected chi connectivity index (χ1v) is 19.3. The largest absolute Gasteiger partial charge is 0.481 e. The predicted molar refractivity (Wildman–Crippen MR) is 193 cm³/mol. The van der Waals surface area contributed by atoms with E-state index in [1.165, 1.54) is 31.3 Å². The molecule has 4 aliphatic carbocycles. The molecule has 3 saturated carbocycles. The molecule has 7 unspecified atom stereocenters. The van der Waals surface area contributed by atoms with Gasteiger partial charge in [0.15, 0.2) is 5.78 Å². The van der Waals surface area contributed by atoms with E-state index in [9.17, 15) is 19.5 Å². The number of aliphatic carboxylic acids is 1. The fourth-order valence-electron chi connectivity index (χ4n) is 11.4. The third kappa shape index (κ3) is 6.83. The van der Waals surface area contributed by atoms with Gasteiger partial charge in [0.1, 0.15) is 11.9 Å². The second-order valence-corrected chi connectivity index (χ2v) is 18.5.